The molecule has 0 radical (unpaired) electrons. The van der Waals surface area contributed by atoms with E-state index in [0.29, 0.717) is 56.5 Å². The van der Waals surface area contributed by atoms with Crippen molar-refractivity contribution in [1.82, 2.24) is 10.3 Å². The van der Waals surface area contributed by atoms with Crippen LogP contribution in [0.1, 0.15) is 76.0 Å². The largest absolute Gasteiger partial charge is 0.504 e. The van der Waals surface area contributed by atoms with Gasteiger partial charge >= 0.3 is 0 Å². The van der Waals surface area contributed by atoms with Crippen molar-refractivity contribution in [1.29, 1.82) is 0 Å². The molecular formula is C35H53N3O5. The maximum Gasteiger partial charge on any atom is 0.161 e. The number of phenolic OH excluding ortho intramolecular Hbond substituents is 1. The van der Waals surface area contributed by atoms with E-state index >= 15 is 0 Å². The number of aliphatic hydroxyl groups excluding tert-OH is 2. The number of aromatic hydroxyl groups is 1. The Kier molecular flexibility index (Phi) is 13.3. The fourth-order valence-corrected chi connectivity index (χ4v) is 6.66. The number of aromatic amines is 1. The van der Waals surface area contributed by atoms with E-state index in [9.17, 15) is 15.3 Å². The first-order valence-electron chi connectivity index (χ1n) is 16.3. The van der Waals surface area contributed by atoms with Crippen LogP contribution in [0, 0.1) is 17.8 Å². The third-order valence-electron chi connectivity index (χ3n) is 9.24. The predicted octanol–water partition coefficient (Wildman–Crippen LogP) is 5.35. The molecule has 0 spiro atoms. The SMILES string of the molecule is CC[C@H]1CCC[C@@H]([C@@H](C[C@H](O)CCc2ccc(O)c(OCC[C@H](Cc3ccc[nH]3)C3=CCNC(N)=C3)c2)OCCO)CC1. The van der Waals surface area contributed by atoms with Crippen LogP contribution in [0.15, 0.2) is 60.1 Å². The Hall–Kier alpha value is -2.94. The van der Waals surface area contributed by atoms with E-state index in [-0.39, 0.29) is 24.4 Å². The zero-order valence-electron chi connectivity index (χ0n) is 25.8. The molecule has 8 nitrogen and oxygen atoms in total. The molecule has 0 saturated heterocycles. The number of aromatic nitrogens is 1. The molecular weight excluding hydrogens is 542 g/mol. The lowest BCUT2D eigenvalue weighted by molar-refractivity contribution is -0.0372. The summed E-state index contributed by atoms with van der Waals surface area (Å²) >= 11 is 0. The molecule has 0 amide bonds. The van der Waals surface area contributed by atoms with Gasteiger partial charge in [0.05, 0.1) is 37.8 Å². The second kappa shape index (κ2) is 17.4. The number of phenols is 1. The average molecular weight is 596 g/mol. The number of dihydropyridines is 1. The molecule has 1 aromatic carbocycles. The molecule has 0 unspecified atom stereocenters. The number of aliphatic hydroxyl groups is 2. The number of allylic oxidation sites excluding steroid dienone is 2. The minimum absolute atomic E-state index is 0.000539. The number of nitrogens with two attached hydrogens (primary N) is 1. The Bertz CT molecular complexity index is 1150. The summed E-state index contributed by atoms with van der Waals surface area (Å²) in [7, 11) is 0. The van der Waals surface area contributed by atoms with E-state index in [1.807, 2.05) is 30.5 Å². The summed E-state index contributed by atoms with van der Waals surface area (Å²) in [6, 6.07) is 9.55. The Balaban J connectivity index is 1.30. The monoisotopic (exact) mass is 595 g/mol. The molecule has 1 saturated carbocycles. The van der Waals surface area contributed by atoms with Gasteiger partial charge < -0.3 is 40.8 Å². The minimum Gasteiger partial charge on any atom is -0.504 e. The molecule has 8 heteroatoms. The van der Waals surface area contributed by atoms with Crippen LogP contribution in [0.5, 0.6) is 11.5 Å². The topological polar surface area (TPSA) is 133 Å². The summed E-state index contributed by atoms with van der Waals surface area (Å²) in [5, 5.41) is 34.0. The molecule has 238 valence electrons. The number of hydrogen-bond acceptors (Lipinski definition) is 7. The van der Waals surface area contributed by atoms with Crippen molar-refractivity contribution in [2.24, 2.45) is 23.5 Å². The van der Waals surface area contributed by atoms with Crippen LogP contribution in [0.25, 0.3) is 0 Å². The van der Waals surface area contributed by atoms with Crippen molar-refractivity contribution < 1.29 is 24.8 Å². The van der Waals surface area contributed by atoms with Crippen molar-refractivity contribution in [3.05, 3.63) is 71.3 Å². The molecule has 4 rings (SSSR count). The number of nitrogens with one attached hydrogen (secondary N) is 2. The number of H-pyrrole nitrogens is 1. The van der Waals surface area contributed by atoms with E-state index in [0.717, 1.165) is 42.9 Å². The summed E-state index contributed by atoms with van der Waals surface area (Å²) < 4.78 is 12.2. The first kappa shape index (κ1) is 33.0. The van der Waals surface area contributed by atoms with Gasteiger partial charge in [0.1, 0.15) is 0 Å². The summed E-state index contributed by atoms with van der Waals surface area (Å²) in [5.41, 5.74) is 9.41. The highest BCUT2D eigenvalue weighted by Crippen LogP contribution is 2.34. The molecule has 2 aromatic rings. The second-order valence-corrected chi connectivity index (χ2v) is 12.3. The third-order valence-corrected chi connectivity index (χ3v) is 9.24. The summed E-state index contributed by atoms with van der Waals surface area (Å²) in [4.78, 5) is 3.30. The Morgan fingerprint density at radius 2 is 1.98 bits per heavy atom. The Labute approximate surface area is 257 Å². The van der Waals surface area contributed by atoms with Crippen LogP contribution < -0.4 is 15.8 Å². The van der Waals surface area contributed by atoms with Crippen LogP contribution in [-0.4, -0.2) is 58.9 Å². The fraction of sp³-hybridized carbons (Fsp3) is 0.600. The number of aryl methyl sites for hydroxylation is 1. The summed E-state index contributed by atoms with van der Waals surface area (Å²) in [6.07, 6.45) is 16.2. The Morgan fingerprint density at radius 3 is 2.74 bits per heavy atom. The number of hydrogen-bond donors (Lipinski definition) is 6. The van der Waals surface area contributed by atoms with Gasteiger partial charge in [-0.2, -0.15) is 0 Å². The molecule has 7 N–H and O–H groups in total. The van der Waals surface area contributed by atoms with E-state index in [1.54, 1.807) is 6.07 Å². The molecule has 1 fully saturated rings. The molecule has 0 bridgehead atoms. The van der Waals surface area contributed by atoms with Gasteiger partial charge in [-0.3, -0.25) is 0 Å². The van der Waals surface area contributed by atoms with Crippen molar-refractivity contribution >= 4 is 0 Å². The quantitative estimate of drug-likeness (QED) is 0.136. The minimum atomic E-state index is -0.500. The highest BCUT2D eigenvalue weighted by Gasteiger charge is 2.28. The highest BCUT2D eigenvalue weighted by atomic mass is 16.5. The van der Waals surface area contributed by atoms with Crippen LogP contribution in [0.4, 0.5) is 0 Å². The van der Waals surface area contributed by atoms with Gasteiger partial charge in [0.25, 0.3) is 0 Å². The molecule has 43 heavy (non-hydrogen) atoms. The average Bonchev–Trinajstić information content (AvgIpc) is 3.41. The van der Waals surface area contributed by atoms with E-state index in [4.69, 9.17) is 15.2 Å². The molecule has 5 atom stereocenters. The predicted molar refractivity (Wildman–Crippen MR) is 171 cm³/mol. The van der Waals surface area contributed by atoms with Gasteiger partial charge in [-0.15, -0.1) is 0 Å². The normalized spacial score (nSPS) is 21.2. The van der Waals surface area contributed by atoms with Crippen molar-refractivity contribution in [3.8, 4) is 11.5 Å². The Morgan fingerprint density at radius 1 is 1.09 bits per heavy atom. The smallest absolute Gasteiger partial charge is 0.161 e. The van der Waals surface area contributed by atoms with Crippen molar-refractivity contribution in [3.63, 3.8) is 0 Å². The van der Waals surface area contributed by atoms with Gasteiger partial charge in [-0.25, -0.2) is 0 Å². The molecule has 2 aliphatic rings. The lowest BCUT2D eigenvalue weighted by Crippen LogP contribution is -2.30. The van der Waals surface area contributed by atoms with Crippen LogP contribution in [0.3, 0.4) is 0 Å². The fourth-order valence-electron chi connectivity index (χ4n) is 6.66. The van der Waals surface area contributed by atoms with Gasteiger partial charge in [0.15, 0.2) is 11.5 Å². The number of ether oxygens (including phenoxy) is 2. The lowest BCUT2D eigenvalue weighted by Gasteiger charge is -2.28. The van der Waals surface area contributed by atoms with Gasteiger partial charge in [-0.1, -0.05) is 44.7 Å². The van der Waals surface area contributed by atoms with Crippen molar-refractivity contribution in [2.75, 3.05) is 26.4 Å². The standard InChI is InChI=1S/C35H53N3O5/c1-2-25-5-3-6-27(11-8-25)33(43-20-18-39)24-31(40)12-9-26-10-13-32(41)34(21-26)42-19-15-29(22-30-7-4-16-37-30)28-14-17-38-35(36)23-28/h4,7,10,13-14,16,21,23,25,27,29,31,33,37-41H,2-3,5-6,8-9,11-12,15,17-20,22,24,36H2,1H3/t25-,27+,29+,31+,33+/m0/s1. The van der Waals surface area contributed by atoms with Gasteiger partial charge in [0, 0.05) is 18.4 Å². The first-order chi connectivity index (χ1) is 20.9. The first-order valence-corrected chi connectivity index (χ1v) is 16.3. The second-order valence-electron chi connectivity index (χ2n) is 12.3. The van der Waals surface area contributed by atoms with E-state index in [2.05, 4.69) is 29.4 Å². The maximum atomic E-state index is 11.0. The van der Waals surface area contributed by atoms with Gasteiger partial charge in [-0.05, 0) is 104 Å². The van der Waals surface area contributed by atoms with E-state index in [1.165, 1.54) is 31.3 Å². The number of rotatable bonds is 17. The number of benzene rings is 1. The molecule has 1 aliphatic heterocycles. The summed E-state index contributed by atoms with van der Waals surface area (Å²) in [5.74, 6) is 2.70. The molecule has 2 heterocycles. The highest BCUT2D eigenvalue weighted by molar-refractivity contribution is 5.42. The van der Waals surface area contributed by atoms with Gasteiger partial charge in [0.2, 0.25) is 0 Å². The van der Waals surface area contributed by atoms with E-state index < -0.39 is 6.10 Å². The third kappa shape index (κ3) is 10.6. The lowest BCUT2D eigenvalue weighted by atomic mass is 9.88. The van der Waals surface area contributed by atoms with Crippen LogP contribution in [0.2, 0.25) is 0 Å². The van der Waals surface area contributed by atoms with Crippen LogP contribution >= 0.6 is 0 Å². The summed E-state index contributed by atoms with van der Waals surface area (Å²) in [6.45, 7) is 3.75. The zero-order chi connectivity index (χ0) is 30.4. The maximum absolute atomic E-state index is 11.0. The van der Waals surface area contributed by atoms with Crippen LogP contribution in [-0.2, 0) is 17.6 Å². The molecule has 1 aromatic heterocycles. The molecule has 1 aliphatic carbocycles. The van der Waals surface area contributed by atoms with Crippen molar-refractivity contribution in [2.45, 2.75) is 89.8 Å². The zero-order valence-corrected chi connectivity index (χ0v) is 25.8.